The largest absolute Gasteiger partial charge is 0.450 e. The van der Waals surface area contributed by atoms with E-state index in [0.29, 0.717) is 12.8 Å². The minimum absolute atomic E-state index is 0.0349. The molecule has 51 heavy (non-hydrogen) atoms. The number of imide groups is 1. The number of nitrogens with one attached hydrogen (secondary N) is 7. The maximum absolute atomic E-state index is 13.5. The van der Waals surface area contributed by atoms with E-state index in [1.54, 1.807) is 34.6 Å². The normalized spacial score (nSPS) is 15.1. The molecule has 0 aromatic rings. The van der Waals surface area contributed by atoms with Gasteiger partial charge in [0.1, 0.15) is 12.1 Å². The first kappa shape index (κ1) is 43.8. The van der Waals surface area contributed by atoms with Gasteiger partial charge in [-0.3, -0.25) is 38.5 Å². The maximum atomic E-state index is 13.5. The molecule has 19 nitrogen and oxygen atoms in total. The molecular weight excluding hydrogens is 672 g/mol. The third kappa shape index (κ3) is 16.8. The molecule has 0 spiro atoms. The lowest BCUT2D eigenvalue weighted by Crippen LogP contribution is -2.55. The quantitative estimate of drug-likeness (QED) is 0.0447. The van der Waals surface area contributed by atoms with E-state index in [1.807, 2.05) is 0 Å². The minimum Gasteiger partial charge on any atom is -0.450 e. The summed E-state index contributed by atoms with van der Waals surface area (Å²) in [5.41, 5.74) is 0. The van der Waals surface area contributed by atoms with Gasteiger partial charge in [0.15, 0.2) is 0 Å². The fourth-order valence-corrected chi connectivity index (χ4v) is 4.65. The number of carbonyl (C=O) groups is 9. The van der Waals surface area contributed by atoms with E-state index in [2.05, 4.69) is 37.2 Å². The molecule has 0 fully saturated rings. The van der Waals surface area contributed by atoms with Gasteiger partial charge in [-0.1, -0.05) is 13.8 Å². The predicted molar refractivity (Wildman–Crippen MR) is 181 cm³/mol. The number of rotatable bonds is 21. The maximum Gasteiger partial charge on any atom is 0.407 e. The van der Waals surface area contributed by atoms with Crippen LogP contribution in [0.1, 0.15) is 80.6 Å². The fraction of sp³-hybridized carbons (Fsp3) is 0.656. The zero-order chi connectivity index (χ0) is 38.7. The van der Waals surface area contributed by atoms with Crippen LogP contribution < -0.4 is 37.2 Å². The van der Waals surface area contributed by atoms with Crippen molar-refractivity contribution in [2.45, 2.75) is 111 Å². The minimum atomic E-state index is -1.17. The Bertz CT molecular complexity index is 1290. The van der Waals surface area contributed by atoms with Gasteiger partial charge in [-0.15, -0.1) is 0 Å². The van der Waals surface area contributed by atoms with Gasteiger partial charge in [-0.05, 0) is 53.9 Å². The summed E-state index contributed by atoms with van der Waals surface area (Å²) in [6, 6.07) is -3.44. The summed E-state index contributed by atoms with van der Waals surface area (Å²) in [5, 5.41) is 17.9. The lowest BCUT2D eigenvalue weighted by atomic mass is 10.1. The summed E-state index contributed by atoms with van der Waals surface area (Å²) >= 11 is 0. The molecule has 286 valence electrons. The van der Waals surface area contributed by atoms with Crippen LogP contribution in [-0.4, -0.2) is 109 Å². The van der Waals surface area contributed by atoms with Crippen molar-refractivity contribution in [1.29, 1.82) is 0 Å². The van der Waals surface area contributed by atoms with Gasteiger partial charge in [0, 0.05) is 43.5 Å². The van der Waals surface area contributed by atoms with E-state index in [9.17, 15) is 43.2 Å². The average Bonchev–Trinajstić information content (AvgIpc) is 3.36. The number of nitrogens with zero attached hydrogens (tertiary/aromatic N) is 1. The molecule has 1 heterocycles. The Balaban J connectivity index is 3.02. The molecule has 1 rings (SSSR count). The van der Waals surface area contributed by atoms with Crippen LogP contribution in [0.25, 0.3) is 0 Å². The molecule has 0 aliphatic carbocycles. The van der Waals surface area contributed by atoms with Crippen molar-refractivity contribution in [2.24, 2.45) is 5.92 Å². The van der Waals surface area contributed by atoms with Crippen molar-refractivity contribution in [3.63, 3.8) is 0 Å². The molecule has 0 radical (unpaired) electrons. The van der Waals surface area contributed by atoms with Gasteiger partial charge in [-0.2, -0.15) is 0 Å². The van der Waals surface area contributed by atoms with Crippen molar-refractivity contribution in [3.05, 3.63) is 12.2 Å². The van der Waals surface area contributed by atoms with Crippen molar-refractivity contribution >= 4 is 53.5 Å². The molecule has 9 amide bonds. The third-order valence-corrected chi connectivity index (χ3v) is 7.17. The molecule has 1 aliphatic heterocycles. The van der Waals surface area contributed by atoms with Crippen LogP contribution in [0.4, 0.5) is 9.59 Å². The number of unbranched alkanes of at least 4 members (excludes halogenated alkanes) is 1. The van der Waals surface area contributed by atoms with Crippen LogP contribution in [0.2, 0.25) is 0 Å². The molecule has 5 unspecified atom stereocenters. The highest BCUT2D eigenvalue weighted by Crippen LogP contribution is 2.10. The summed E-state index contributed by atoms with van der Waals surface area (Å²) in [5.74, 6) is -4.72. The molecule has 5 atom stereocenters. The van der Waals surface area contributed by atoms with Gasteiger partial charge in [0.2, 0.25) is 29.5 Å². The Kier molecular flexibility index (Phi) is 19.3. The zero-order valence-corrected chi connectivity index (χ0v) is 30.2. The fourth-order valence-electron chi connectivity index (χ4n) is 4.65. The average molecular weight is 725 g/mol. The Morgan fingerprint density at radius 3 is 1.67 bits per heavy atom. The number of ether oxygens (including phenoxy) is 2. The van der Waals surface area contributed by atoms with Gasteiger partial charge in [-0.25, -0.2) is 9.59 Å². The highest BCUT2D eigenvalue weighted by atomic mass is 16.6. The van der Waals surface area contributed by atoms with Gasteiger partial charge in [0.25, 0.3) is 11.8 Å². The van der Waals surface area contributed by atoms with E-state index >= 15 is 0 Å². The lowest BCUT2D eigenvalue weighted by molar-refractivity contribution is -0.145. The third-order valence-electron chi connectivity index (χ3n) is 7.17. The van der Waals surface area contributed by atoms with Crippen molar-refractivity contribution in [2.75, 3.05) is 19.8 Å². The molecule has 0 aromatic heterocycles. The Labute approximate surface area is 297 Å². The summed E-state index contributed by atoms with van der Waals surface area (Å²) in [4.78, 5) is 113. The van der Waals surface area contributed by atoms with Crippen LogP contribution in [0, 0.1) is 5.92 Å². The van der Waals surface area contributed by atoms with E-state index in [0.717, 1.165) is 17.1 Å². The SMILES string of the molecule is CCOC(=O)NCCCCC(NC(=O)OCC)C(=O)NC(CC(=O)NC(C)NC(=O)C(C)C)CC(=O)NC(C)NC(=O)C(C)N1C(=O)C=CC1=O. The van der Waals surface area contributed by atoms with Gasteiger partial charge < -0.3 is 46.7 Å². The molecule has 0 aromatic carbocycles. The zero-order valence-electron chi connectivity index (χ0n) is 30.2. The number of alkyl carbamates (subject to hydrolysis) is 2. The molecular formula is C32H52N8O11. The summed E-state index contributed by atoms with van der Waals surface area (Å²) in [6.45, 7) is 11.4. The highest BCUT2D eigenvalue weighted by molar-refractivity contribution is 6.15. The smallest absolute Gasteiger partial charge is 0.407 e. The monoisotopic (exact) mass is 724 g/mol. The predicted octanol–water partition coefficient (Wildman–Crippen LogP) is -0.591. The van der Waals surface area contributed by atoms with Gasteiger partial charge in [0.05, 0.1) is 25.5 Å². The van der Waals surface area contributed by atoms with Crippen LogP contribution in [-0.2, 0) is 43.0 Å². The van der Waals surface area contributed by atoms with Crippen LogP contribution >= 0.6 is 0 Å². The van der Waals surface area contributed by atoms with Crippen molar-refractivity contribution < 1.29 is 52.6 Å². The Hall–Kier alpha value is -5.23. The second-order valence-corrected chi connectivity index (χ2v) is 12.0. The number of hydrogen-bond acceptors (Lipinski definition) is 11. The van der Waals surface area contributed by atoms with Crippen LogP contribution in [0.5, 0.6) is 0 Å². The van der Waals surface area contributed by atoms with E-state index in [1.165, 1.54) is 13.8 Å². The molecule has 1 aliphatic rings. The topological polar surface area (TPSA) is 260 Å². The first-order valence-corrected chi connectivity index (χ1v) is 16.9. The Morgan fingerprint density at radius 1 is 0.647 bits per heavy atom. The molecule has 0 saturated carbocycles. The summed E-state index contributed by atoms with van der Waals surface area (Å²) in [7, 11) is 0. The van der Waals surface area contributed by atoms with E-state index < -0.39 is 90.9 Å². The molecule has 7 N–H and O–H groups in total. The first-order valence-electron chi connectivity index (χ1n) is 16.9. The van der Waals surface area contributed by atoms with E-state index in [4.69, 9.17) is 9.47 Å². The summed E-state index contributed by atoms with van der Waals surface area (Å²) in [6.07, 6.45) is -1.11. The second-order valence-electron chi connectivity index (χ2n) is 12.0. The number of amides is 9. The number of carbonyl (C=O) groups excluding carboxylic acids is 9. The first-order chi connectivity index (χ1) is 24.0. The van der Waals surface area contributed by atoms with Gasteiger partial charge >= 0.3 is 12.2 Å². The Morgan fingerprint density at radius 2 is 1.16 bits per heavy atom. The highest BCUT2D eigenvalue weighted by Gasteiger charge is 2.33. The second kappa shape index (κ2) is 22.5. The number of hydrogen-bond donors (Lipinski definition) is 7. The molecule has 0 saturated heterocycles. The lowest BCUT2D eigenvalue weighted by Gasteiger charge is -2.26. The molecule has 0 bridgehead atoms. The van der Waals surface area contributed by atoms with Crippen LogP contribution in [0.3, 0.4) is 0 Å². The van der Waals surface area contributed by atoms with Crippen molar-refractivity contribution in [3.8, 4) is 0 Å². The van der Waals surface area contributed by atoms with E-state index in [-0.39, 0.29) is 38.0 Å². The van der Waals surface area contributed by atoms with Crippen LogP contribution in [0.15, 0.2) is 12.2 Å². The molecule has 19 heteroatoms. The van der Waals surface area contributed by atoms with Crippen molar-refractivity contribution in [1.82, 2.24) is 42.1 Å². The standard InChI is InChI=1S/C32H52N8O11/c1-8-50-31(48)33-15-11-10-12-23(39-32(49)51-9-2)30(47)38-22(16-24(41)34-20(6)36-28(45)18(3)4)17-25(42)35-21(7)37-29(46)19(5)40-26(43)13-14-27(40)44/h13-14,18-23H,8-12,15-17H2,1-7H3,(H,33,48)(H,34,41)(H,35,42)(H,36,45)(H,37,46)(H,38,47)(H,39,49). The summed E-state index contributed by atoms with van der Waals surface area (Å²) < 4.78 is 9.73.